The zero-order valence-corrected chi connectivity index (χ0v) is 16.7. The standard InChI is InChI=1S/C17H28N4O.HI/c1-13(2)21-17(18-3)20-12-14-9-10-16(19-11-14)22-15-7-5-4-6-8-15;/h9-11,13,15H,4-8,12H2,1-3H3,(H2,18,20,21);1H. The first-order chi connectivity index (χ1) is 10.7. The van der Waals surface area contributed by atoms with Gasteiger partial charge in [0.15, 0.2) is 5.96 Å². The van der Waals surface area contributed by atoms with Crippen molar-refractivity contribution in [2.45, 2.75) is 64.6 Å². The SMILES string of the molecule is CN=C(NCc1ccc(OC2CCCCC2)nc1)NC(C)C.I. The van der Waals surface area contributed by atoms with E-state index in [1.165, 1.54) is 19.3 Å². The molecule has 130 valence electrons. The molecule has 1 saturated carbocycles. The summed E-state index contributed by atoms with van der Waals surface area (Å²) in [4.78, 5) is 8.60. The molecule has 1 fully saturated rings. The number of hydrogen-bond donors (Lipinski definition) is 2. The van der Waals surface area contributed by atoms with E-state index in [9.17, 15) is 0 Å². The normalized spacial score (nSPS) is 15.9. The summed E-state index contributed by atoms with van der Waals surface area (Å²) in [5.74, 6) is 1.54. The van der Waals surface area contributed by atoms with Crippen molar-refractivity contribution < 1.29 is 4.74 Å². The van der Waals surface area contributed by atoms with Crippen LogP contribution in [0.1, 0.15) is 51.5 Å². The summed E-state index contributed by atoms with van der Waals surface area (Å²) in [6.45, 7) is 4.88. The maximum absolute atomic E-state index is 5.94. The average molecular weight is 432 g/mol. The second-order valence-corrected chi connectivity index (χ2v) is 6.11. The Balaban J connectivity index is 0.00000264. The van der Waals surface area contributed by atoms with Gasteiger partial charge in [0.25, 0.3) is 0 Å². The Morgan fingerprint density at radius 3 is 2.61 bits per heavy atom. The Morgan fingerprint density at radius 2 is 2.04 bits per heavy atom. The lowest BCUT2D eigenvalue weighted by Gasteiger charge is -2.22. The molecule has 0 saturated heterocycles. The van der Waals surface area contributed by atoms with Crippen LogP contribution in [0.25, 0.3) is 0 Å². The number of halogens is 1. The molecule has 1 aromatic heterocycles. The number of ether oxygens (including phenoxy) is 1. The van der Waals surface area contributed by atoms with E-state index >= 15 is 0 Å². The Labute approximate surface area is 156 Å². The minimum absolute atomic E-state index is 0. The third-order valence-corrected chi connectivity index (χ3v) is 3.75. The summed E-state index contributed by atoms with van der Waals surface area (Å²) in [5, 5.41) is 6.54. The first-order valence-corrected chi connectivity index (χ1v) is 8.26. The van der Waals surface area contributed by atoms with Crippen LogP contribution >= 0.6 is 24.0 Å². The average Bonchev–Trinajstić information content (AvgIpc) is 2.53. The van der Waals surface area contributed by atoms with Gasteiger partial charge < -0.3 is 15.4 Å². The number of aromatic nitrogens is 1. The fourth-order valence-electron chi connectivity index (χ4n) is 2.59. The molecule has 0 amide bonds. The summed E-state index contributed by atoms with van der Waals surface area (Å²) >= 11 is 0. The van der Waals surface area contributed by atoms with E-state index in [0.29, 0.717) is 18.7 Å². The van der Waals surface area contributed by atoms with Crippen LogP contribution in [0.15, 0.2) is 23.3 Å². The van der Waals surface area contributed by atoms with E-state index in [0.717, 1.165) is 30.2 Å². The third kappa shape index (κ3) is 7.37. The largest absolute Gasteiger partial charge is 0.474 e. The number of aliphatic imine (C=N–C) groups is 1. The Bertz CT molecular complexity index is 470. The van der Waals surface area contributed by atoms with Gasteiger partial charge in [-0.1, -0.05) is 12.5 Å². The molecule has 0 aliphatic heterocycles. The van der Waals surface area contributed by atoms with Gasteiger partial charge in [0.1, 0.15) is 6.10 Å². The summed E-state index contributed by atoms with van der Waals surface area (Å²) < 4.78 is 5.94. The molecule has 1 aliphatic carbocycles. The molecule has 0 aromatic carbocycles. The highest BCUT2D eigenvalue weighted by Crippen LogP contribution is 2.22. The highest BCUT2D eigenvalue weighted by atomic mass is 127. The quantitative estimate of drug-likeness (QED) is 0.425. The van der Waals surface area contributed by atoms with E-state index in [1.54, 1.807) is 7.05 Å². The molecule has 1 heterocycles. The second-order valence-electron chi connectivity index (χ2n) is 6.11. The monoisotopic (exact) mass is 432 g/mol. The van der Waals surface area contributed by atoms with Crippen molar-refractivity contribution in [3.63, 3.8) is 0 Å². The third-order valence-electron chi connectivity index (χ3n) is 3.75. The minimum atomic E-state index is 0. The van der Waals surface area contributed by atoms with Crippen LogP contribution in [0.5, 0.6) is 5.88 Å². The van der Waals surface area contributed by atoms with Gasteiger partial charge in [-0.25, -0.2) is 4.98 Å². The van der Waals surface area contributed by atoms with Gasteiger partial charge in [0.2, 0.25) is 5.88 Å². The molecular weight excluding hydrogens is 403 g/mol. The highest BCUT2D eigenvalue weighted by molar-refractivity contribution is 14.0. The second kappa shape index (κ2) is 10.7. The molecule has 5 nitrogen and oxygen atoms in total. The molecule has 0 radical (unpaired) electrons. The Hall–Kier alpha value is -1.05. The van der Waals surface area contributed by atoms with Crippen LogP contribution in [0, 0.1) is 0 Å². The molecule has 0 spiro atoms. The molecule has 0 unspecified atom stereocenters. The van der Waals surface area contributed by atoms with Crippen LogP contribution in [0.2, 0.25) is 0 Å². The Kier molecular flexibility index (Phi) is 9.28. The van der Waals surface area contributed by atoms with Crippen molar-refractivity contribution in [1.82, 2.24) is 15.6 Å². The van der Waals surface area contributed by atoms with Crippen molar-refractivity contribution in [3.8, 4) is 5.88 Å². The lowest BCUT2D eigenvalue weighted by Crippen LogP contribution is -2.40. The number of nitrogens with zero attached hydrogens (tertiary/aromatic N) is 2. The zero-order chi connectivity index (χ0) is 15.8. The molecule has 0 bridgehead atoms. The summed E-state index contributed by atoms with van der Waals surface area (Å²) in [6.07, 6.45) is 8.41. The van der Waals surface area contributed by atoms with Crippen molar-refractivity contribution in [1.29, 1.82) is 0 Å². The fourth-order valence-corrected chi connectivity index (χ4v) is 2.59. The van der Waals surface area contributed by atoms with E-state index in [4.69, 9.17) is 4.74 Å². The van der Waals surface area contributed by atoms with Crippen molar-refractivity contribution >= 4 is 29.9 Å². The van der Waals surface area contributed by atoms with Crippen molar-refractivity contribution in [3.05, 3.63) is 23.9 Å². The van der Waals surface area contributed by atoms with Gasteiger partial charge in [-0.3, -0.25) is 4.99 Å². The first kappa shape index (κ1) is 20.0. The number of hydrogen-bond acceptors (Lipinski definition) is 3. The molecule has 1 aliphatic rings. The van der Waals surface area contributed by atoms with Gasteiger partial charge in [-0.15, -0.1) is 24.0 Å². The number of nitrogens with one attached hydrogen (secondary N) is 2. The molecule has 2 N–H and O–H groups in total. The maximum Gasteiger partial charge on any atom is 0.213 e. The van der Waals surface area contributed by atoms with Crippen molar-refractivity contribution in [2.75, 3.05) is 7.05 Å². The van der Waals surface area contributed by atoms with Gasteiger partial charge >= 0.3 is 0 Å². The van der Waals surface area contributed by atoms with Crippen LogP contribution in [0.3, 0.4) is 0 Å². The minimum Gasteiger partial charge on any atom is -0.474 e. The predicted octanol–water partition coefficient (Wildman–Crippen LogP) is 3.48. The number of pyridine rings is 1. The molecule has 1 aromatic rings. The molecular formula is C17H29IN4O. The number of rotatable bonds is 5. The van der Waals surface area contributed by atoms with Crippen molar-refractivity contribution in [2.24, 2.45) is 4.99 Å². The predicted molar refractivity (Wildman–Crippen MR) is 106 cm³/mol. The zero-order valence-electron chi connectivity index (χ0n) is 14.3. The van der Waals surface area contributed by atoms with Gasteiger partial charge in [0, 0.05) is 31.9 Å². The van der Waals surface area contributed by atoms with E-state index < -0.39 is 0 Å². The fraction of sp³-hybridized carbons (Fsp3) is 0.647. The van der Waals surface area contributed by atoms with E-state index in [-0.39, 0.29) is 24.0 Å². The highest BCUT2D eigenvalue weighted by Gasteiger charge is 2.15. The summed E-state index contributed by atoms with van der Waals surface area (Å²) in [6, 6.07) is 4.38. The van der Waals surface area contributed by atoms with Gasteiger partial charge in [-0.05, 0) is 45.1 Å². The topological polar surface area (TPSA) is 58.5 Å². The molecule has 2 rings (SSSR count). The summed E-state index contributed by atoms with van der Waals surface area (Å²) in [5.41, 5.74) is 1.11. The van der Waals surface area contributed by atoms with E-state index in [2.05, 4.69) is 40.5 Å². The molecule has 6 heteroatoms. The first-order valence-electron chi connectivity index (χ1n) is 8.26. The number of guanidine groups is 1. The molecule has 0 atom stereocenters. The van der Waals surface area contributed by atoms with Crippen LogP contribution in [-0.4, -0.2) is 30.1 Å². The van der Waals surface area contributed by atoms with Crippen LogP contribution in [0.4, 0.5) is 0 Å². The van der Waals surface area contributed by atoms with E-state index in [1.807, 2.05) is 12.3 Å². The lowest BCUT2D eigenvalue weighted by atomic mass is 9.98. The van der Waals surface area contributed by atoms with Gasteiger partial charge in [0.05, 0.1) is 0 Å². The summed E-state index contributed by atoms with van der Waals surface area (Å²) in [7, 11) is 1.77. The smallest absolute Gasteiger partial charge is 0.213 e. The Morgan fingerprint density at radius 1 is 1.30 bits per heavy atom. The molecule has 23 heavy (non-hydrogen) atoms. The lowest BCUT2D eigenvalue weighted by molar-refractivity contribution is 0.148. The van der Waals surface area contributed by atoms with Crippen LogP contribution < -0.4 is 15.4 Å². The van der Waals surface area contributed by atoms with Gasteiger partial charge in [-0.2, -0.15) is 0 Å². The maximum atomic E-state index is 5.94. The van der Waals surface area contributed by atoms with Crippen LogP contribution in [-0.2, 0) is 6.54 Å².